The monoisotopic (exact) mass is 180 g/mol. The quantitative estimate of drug-likeness (QED) is 0.773. The molecule has 1 N–H and O–H groups in total. The molecule has 0 unspecified atom stereocenters. The van der Waals surface area contributed by atoms with Crippen LogP contribution in [0.5, 0.6) is 0 Å². The average Bonchev–Trinajstić information content (AvgIpc) is 2.74. The van der Waals surface area contributed by atoms with Crippen molar-refractivity contribution in [1.82, 2.24) is 0 Å². The largest absolute Gasteiger partial charge is 0.481 e. The molecule has 1 aliphatic carbocycles. The number of carboxylic acid groups (broad SMARTS) is 1. The number of hydrogen-bond acceptors (Lipinski definition) is 2. The lowest BCUT2D eigenvalue weighted by atomic mass is 10.00. The van der Waals surface area contributed by atoms with Crippen LogP contribution in [0.15, 0.2) is 16.7 Å². The fourth-order valence-electron chi connectivity index (χ4n) is 1.51. The predicted molar refractivity (Wildman–Crippen MR) is 46.5 cm³/mol. The van der Waals surface area contributed by atoms with Crippen LogP contribution in [0, 0.1) is 12.3 Å². The minimum absolute atomic E-state index is 0.511. The van der Waals surface area contributed by atoms with Crippen LogP contribution < -0.4 is 0 Å². The lowest BCUT2D eigenvalue weighted by Crippen LogP contribution is -2.17. The van der Waals surface area contributed by atoms with Gasteiger partial charge in [-0.3, -0.25) is 4.79 Å². The molecule has 0 aliphatic heterocycles. The van der Waals surface area contributed by atoms with Gasteiger partial charge in [-0.1, -0.05) is 0 Å². The molecular weight excluding hydrogens is 168 g/mol. The summed E-state index contributed by atoms with van der Waals surface area (Å²) in [4.78, 5) is 10.9. The Labute approximate surface area is 76.4 Å². The highest BCUT2D eigenvalue weighted by Gasteiger charge is 2.50. The Balaban J connectivity index is 2.15. The first kappa shape index (κ1) is 8.35. The van der Waals surface area contributed by atoms with E-state index in [0.717, 1.165) is 24.2 Å². The van der Waals surface area contributed by atoms with E-state index in [-0.39, 0.29) is 0 Å². The maximum absolute atomic E-state index is 10.9. The summed E-state index contributed by atoms with van der Waals surface area (Å²) in [6.07, 6.45) is 3.72. The van der Waals surface area contributed by atoms with Gasteiger partial charge in [0.1, 0.15) is 5.76 Å². The zero-order valence-electron chi connectivity index (χ0n) is 7.54. The first-order valence-corrected chi connectivity index (χ1v) is 4.40. The van der Waals surface area contributed by atoms with Crippen molar-refractivity contribution in [3.05, 3.63) is 23.7 Å². The Morgan fingerprint density at radius 1 is 1.69 bits per heavy atom. The lowest BCUT2D eigenvalue weighted by Gasteiger charge is -2.07. The molecule has 70 valence electrons. The van der Waals surface area contributed by atoms with Crippen LogP contribution in [-0.4, -0.2) is 11.1 Å². The third kappa shape index (κ3) is 1.34. The van der Waals surface area contributed by atoms with Crippen LogP contribution in [0.1, 0.15) is 24.2 Å². The number of carbonyl (C=O) groups is 1. The van der Waals surface area contributed by atoms with Crippen LogP contribution in [0.2, 0.25) is 0 Å². The highest BCUT2D eigenvalue weighted by atomic mass is 16.4. The smallest absolute Gasteiger partial charge is 0.310 e. The SMILES string of the molecule is Cc1ccoc1CC1(C(=O)O)CC1. The standard InChI is InChI=1S/C10H12O3/c1-7-2-5-13-8(7)6-10(3-4-10)9(11)12/h2,5H,3-4,6H2,1H3,(H,11,12). The summed E-state index contributed by atoms with van der Waals surface area (Å²) in [5, 5.41) is 8.95. The number of hydrogen-bond donors (Lipinski definition) is 1. The molecule has 0 saturated heterocycles. The summed E-state index contributed by atoms with van der Waals surface area (Å²) >= 11 is 0. The van der Waals surface area contributed by atoms with Crippen molar-refractivity contribution in [3.63, 3.8) is 0 Å². The van der Waals surface area contributed by atoms with Crippen molar-refractivity contribution in [2.45, 2.75) is 26.2 Å². The van der Waals surface area contributed by atoms with E-state index in [4.69, 9.17) is 9.52 Å². The van der Waals surface area contributed by atoms with Crippen molar-refractivity contribution < 1.29 is 14.3 Å². The Kier molecular flexibility index (Phi) is 1.68. The van der Waals surface area contributed by atoms with Gasteiger partial charge in [-0.25, -0.2) is 0 Å². The van der Waals surface area contributed by atoms with Gasteiger partial charge in [0.15, 0.2) is 0 Å². The van der Waals surface area contributed by atoms with Gasteiger partial charge >= 0.3 is 5.97 Å². The van der Waals surface area contributed by atoms with E-state index in [2.05, 4.69) is 0 Å². The van der Waals surface area contributed by atoms with Gasteiger partial charge in [0.25, 0.3) is 0 Å². The number of carboxylic acids is 1. The minimum Gasteiger partial charge on any atom is -0.481 e. The van der Waals surface area contributed by atoms with Crippen LogP contribution in [0.4, 0.5) is 0 Å². The topological polar surface area (TPSA) is 50.4 Å². The second-order valence-corrected chi connectivity index (χ2v) is 3.79. The van der Waals surface area contributed by atoms with Gasteiger partial charge in [-0.2, -0.15) is 0 Å². The van der Waals surface area contributed by atoms with E-state index in [9.17, 15) is 4.79 Å². The highest BCUT2D eigenvalue weighted by Crippen LogP contribution is 2.48. The molecule has 1 aromatic heterocycles. The normalized spacial score (nSPS) is 18.5. The molecule has 0 aromatic carbocycles. The van der Waals surface area contributed by atoms with Crippen LogP contribution >= 0.6 is 0 Å². The Hall–Kier alpha value is -1.25. The summed E-state index contributed by atoms with van der Waals surface area (Å²) in [6.45, 7) is 1.94. The fourth-order valence-corrected chi connectivity index (χ4v) is 1.51. The lowest BCUT2D eigenvalue weighted by molar-refractivity contribution is -0.143. The molecule has 3 heteroatoms. The van der Waals surface area contributed by atoms with Crippen molar-refractivity contribution in [1.29, 1.82) is 0 Å². The summed E-state index contributed by atoms with van der Waals surface area (Å²) in [5.41, 5.74) is 0.537. The average molecular weight is 180 g/mol. The summed E-state index contributed by atoms with van der Waals surface area (Å²) < 4.78 is 5.23. The van der Waals surface area contributed by atoms with Gasteiger partial charge in [-0.15, -0.1) is 0 Å². The molecule has 1 aromatic rings. The zero-order chi connectivity index (χ0) is 9.47. The molecule has 1 heterocycles. The summed E-state index contributed by atoms with van der Waals surface area (Å²) in [7, 11) is 0. The van der Waals surface area contributed by atoms with E-state index in [1.54, 1.807) is 6.26 Å². The first-order valence-electron chi connectivity index (χ1n) is 4.40. The summed E-state index contributed by atoms with van der Waals surface area (Å²) in [6, 6.07) is 1.87. The van der Waals surface area contributed by atoms with E-state index < -0.39 is 11.4 Å². The van der Waals surface area contributed by atoms with Crippen molar-refractivity contribution in [2.24, 2.45) is 5.41 Å². The van der Waals surface area contributed by atoms with Gasteiger partial charge < -0.3 is 9.52 Å². The molecular formula is C10H12O3. The van der Waals surface area contributed by atoms with Gasteiger partial charge in [0.05, 0.1) is 11.7 Å². The maximum Gasteiger partial charge on any atom is 0.310 e. The van der Waals surface area contributed by atoms with Gasteiger partial charge in [-0.05, 0) is 31.4 Å². The number of furan rings is 1. The Bertz CT molecular complexity index is 334. The molecule has 2 rings (SSSR count). The first-order chi connectivity index (χ1) is 6.14. The molecule has 0 radical (unpaired) electrons. The molecule has 0 atom stereocenters. The molecule has 1 saturated carbocycles. The molecule has 0 spiro atoms. The second-order valence-electron chi connectivity index (χ2n) is 3.79. The van der Waals surface area contributed by atoms with Crippen LogP contribution in [-0.2, 0) is 11.2 Å². The van der Waals surface area contributed by atoms with E-state index in [0.29, 0.717) is 6.42 Å². The van der Waals surface area contributed by atoms with Crippen LogP contribution in [0.3, 0.4) is 0 Å². The molecule has 3 nitrogen and oxygen atoms in total. The highest BCUT2D eigenvalue weighted by molar-refractivity contribution is 5.78. The molecule has 13 heavy (non-hydrogen) atoms. The molecule has 1 aliphatic rings. The number of aryl methyl sites for hydroxylation is 1. The third-order valence-corrected chi connectivity index (χ3v) is 2.77. The molecule has 0 amide bonds. The molecule has 1 fully saturated rings. The number of aliphatic carboxylic acids is 1. The Morgan fingerprint density at radius 3 is 2.77 bits per heavy atom. The van der Waals surface area contributed by atoms with Crippen LogP contribution in [0.25, 0.3) is 0 Å². The maximum atomic E-state index is 10.9. The van der Waals surface area contributed by atoms with E-state index >= 15 is 0 Å². The summed E-state index contributed by atoms with van der Waals surface area (Å²) in [5.74, 6) is 0.128. The second kappa shape index (κ2) is 2.62. The predicted octanol–water partition coefficient (Wildman–Crippen LogP) is 2.00. The third-order valence-electron chi connectivity index (χ3n) is 2.77. The minimum atomic E-state index is -0.691. The van der Waals surface area contributed by atoms with Crippen molar-refractivity contribution >= 4 is 5.97 Å². The van der Waals surface area contributed by atoms with Crippen molar-refractivity contribution in [3.8, 4) is 0 Å². The zero-order valence-corrected chi connectivity index (χ0v) is 7.54. The van der Waals surface area contributed by atoms with Gasteiger partial charge in [0, 0.05) is 6.42 Å². The Morgan fingerprint density at radius 2 is 2.38 bits per heavy atom. The van der Waals surface area contributed by atoms with Gasteiger partial charge in [0.2, 0.25) is 0 Å². The number of rotatable bonds is 3. The fraction of sp³-hybridized carbons (Fsp3) is 0.500. The van der Waals surface area contributed by atoms with Crippen molar-refractivity contribution in [2.75, 3.05) is 0 Å². The van der Waals surface area contributed by atoms with E-state index in [1.165, 1.54) is 0 Å². The van der Waals surface area contributed by atoms with E-state index in [1.807, 2.05) is 13.0 Å². The molecule has 0 bridgehead atoms.